The number of hydrogen-bond acceptors (Lipinski definition) is 2. The first-order valence-electron chi connectivity index (χ1n) is 5.06. The van der Waals surface area contributed by atoms with Gasteiger partial charge in [0.1, 0.15) is 0 Å². The van der Waals surface area contributed by atoms with Crippen molar-refractivity contribution in [3.8, 4) is 0 Å². The lowest BCUT2D eigenvalue weighted by Gasteiger charge is -2.11. The van der Waals surface area contributed by atoms with Crippen LogP contribution in [0.2, 0.25) is 0 Å². The Hall–Kier alpha value is -1.55. The third-order valence-corrected chi connectivity index (χ3v) is 2.45. The Bertz CT molecular complexity index is 403. The van der Waals surface area contributed by atoms with E-state index in [0.29, 0.717) is 0 Å². The molecular weight excluding hydrogens is 190 g/mol. The molecule has 2 heterocycles. The molecule has 2 aromatic rings. The largest absolute Gasteiger partial charge is 0.387 e. The van der Waals surface area contributed by atoms with E-state index in [-0.39, 0.29) is 0 Å². The zero-order valence-electron chi connectivity index (χ0n) is 8.74. The molecule has 0 aliphatic heterocycles. The van der Waals surface area contributed by atoms with Gasteiger partial charge in [-0.15, -0.1) is 0 Å². The number of aliphatic hydroxyl groups excluding tert-OH is 1. The Labute approximate surface area is 88.8 Å². The molecule has 0 spiro atoms. The number of nitrogens with zero attached hydrogens (tertiary/aromatic N) is 3. The monoisotopic (exact) mass is 205 g/mol. The van der Waals surface area contributed by atoms with Crippen molar-refractivity contribution in [3.63, 3.8) is 0 Å². The van der Waals surface area contributed by atoms with Gasteiger partial charge >= 0.3 is 0 Å². The van der Waals surface area contributed by atoms with Crippen LogP contribution in [0.15, 0.2) is 37.1 Å². The highest BCUT2D eigenvalue weighted by atomic mass is 16.3. The zero-order valence-corrected chi connectivity index (χ0v) is 8.74. The third kappa shape index (κ3) is 2.27. The van der Waals surface area contributed by atoms with E-state index >= 15 is 0 Å². The average molecular weight is 205 g/mol. The van der Waals surface area contributed by atoms with Gasteiger partial charge in [-0.05, 0) is 19.1 Å². The summed E-state index contributed by atoms with van der Waals surface area (Å²) in [6.07, 6.45) is 7.07. The van der Waals surface area contributed by atoms with E-state index in [2.05, 4.69) is 9.55 Å². The van der Waals surface area contributed by atoms with Crippen molar-refractivity contribution < 1.29 is 5.11 Å². The molecule has 80 valence electrons. The predicted octanol–water partition coefficient (Wildman–Crippen LogP) is 1.44. The minimum absolute atomic E-state index is 0.414. The topological polar surface area (TPSA) is 43.0 Å². The lowest BCUT2D eigenvalue weighted by atomic mass is 10.3. The zero-order chi connectivity index (χ0) is 10.7. The van der Waals surface area contributed by atoms with E-state index in [9.17, 15) is 5.11 Å². The van der Waals surface area contributed by atoms with E-state index in [1.54, 1.807) is 19.4 Å². The molecule has 1 atom stereocenters. The molecule has 0 amide bonds. The van der Waals surface area contributed by atoms with Gasteiger partial charge in [0.25, 0.3) is 0 Å². The summed E-state index contributed by atoms with van der Waals surface area (Å²) in [7, 11) is 0. The van der Waals surface area contributed by atoms with Gasteiger partial charge in [-0.2, -0.15) is 0 Å². The summed E-state index contributed by atoms with van der Waals surface area (Å²) in [6.45, 7) is 3.50. The Morgan fingerprint density at radius 2 is 2.27 bits per heavy atom. The second-order valence-corrected chi connectivity index (χ2v) is 3.60. The number of aromatic nitrogens is 3. The normalized spacial score (nSPS) is 12.9. The van der Waals surface area contributed by atoms with Gasteiger partial charge in [0.05, 0.1) is 12.4 Å². The van der Waals surface area contributed by atoms with Crippen molar-refractivity contribution in [2.75, 3.05) is 0 Å². The average Bonchev–Trinajstić information content (AvgIpc) is 2.86. The highest BCUT2D eigenvalue weighted by Crippen LogP contribution is 2.12. The Morgan fingerprint density at radius 3 is 2.93 bits per heavy atom. The van der Waals surface area contributed by atoms with Crippen LogP contribution in [0.1, 0.15) is 18.7 Å². The van der Waals surface area contributed by atoms with Crippen molar-refractivity contribution in [3.05, 3.63) is 42.7 Å². The van der Waals surface area contributed by atoms with Crippen LogP contribution in [0.3, 0.4) is 0 Å². The van der Waals surface area contributed by atoms with Gasteiger partial charge < -0.3 is 14.2 Å². The minimum atomic E-state index is -0.414. The second kappa shape index (κ2) is 4.31. The molecule has 1 unspecified atom stereocenters. The van der Waals surface area contributed by atoms with Crippen molar-refractivity contribution in [2.45, 2.75) is 26.1 Å². The lowest BCUT2D eigenvalue weighted by molar-refractivity contribution is 0.188. The number of rotatable bonds is 4. The van der Waals surface area contributed by atoms with E-state index in [1.165, 1.54) is 0 Å². The van der Waals surface area contributed by atoms with Gasteiger partial charge in [-0.3, -0.25) is 0 Å². The SMILES string of the molecule is CC(O)c1cccn1CCn1ccnc1. The van der Waals surface area contributed by atoms with E-state index < -0.39 is 6.10 Å². The molecule has 0 aromatic carbocycles. The number of imidazole rings is 1. The molecule has 1 N–H and O–H groups in total. The van der Waals surface area contributed by atoms with Crippen LogP contribution in [0.5, 0.6) is 0 Å². The Balaban J connectivity index is 2.02. The van der Waals surface area contributed by atoms with E-state index in [1.807, 2.05) is 29.1 Å². The molecule has 0 radical (unpaired) electrons. The summed E-state index contributed by atoms with van der Waals surface area (Å²) in [5, 5.41) is 9.51. The van der Waals surface area contributed by atoms with E-state index in [4.69, 9.17) is 0 Å². The summed E-state index contributed by atoms with van der Waals surface area (Å²) in [6, 6.07) is 3.90. The quantitative estimate of drug-likeness (QED) is 0.820. The molecule has 4 heteroatoms. The van der Waals surface area contributed by atoms with Gasteiger partial charge in [0.15, 0.2) is 0 Å². The van der Waals surface area contributed by atoms with Crippen LogP contribution >= 0.6 is 0 Å². The van der Waals surface area contributed by atoms with Crippen LogP contribution in [0, 0.1) is 0 Å². The standard InChI is InChI=1S/C11H15N3O/c1-10(15)11-3-2-5-14(11)8-7-13-6-4-12-9-13/h2-6,9-10,15H,7-8H2,1H3. The van der Waals surface area contributed by atoms with Crippen LogP contribution in [-0.2, 0) is 13.1 Å². The molecule has 0 saturated heterocycles. The minimum Gasteiger partial charge on any atom is -0.387 e. The predicted molar refractivity (Wildman–Crippen MR) is 57.3 cm³/mol. The van der Waals surface area contributed by atoms with Gasteiger partial charge in [-0.25, -0.2) is 4.98 Å². The number of aliphatic hydroxyl groups is 1. The van der Waals surface area contributed by atoms with Gasteiger partial charge in [-0.1, -0.05) is 0 Å². The molecule has 2 aromatic heterocycles. The van der Waals surface area contributed by atoms with Crippen molar-refractivity contribution in [1.29, 1.82) is 0 Å². The molecule has 15 heavy (non-hydrogen) atoms. The van der Waals surface area contributed by atoms with Crippen molar-refractivity contribution in [2.24, 2.45) is 0 Å². The Kier molecular flexibility index (Phi) is 2.87. The first-order chi connectivity index (χ1) is 7.27. The maximum atomic E-state index is 9.51. The summed E-state index contributed by atoms with van der Waals surface area (Å²) < 4.78 is 4.08. The molecule has 2 rings (SSSR count). The van der Waals surface area contributed by atoms with Gasteiger partial charge in [0, 0.05) is 37.4 Å². The van der Waals surface area contributed by atoms with Crippen molar-refractivity contribution >= 4 is 0 Å². The summed E-state index contributed by atoms with van der Waals surface area (Å²) >= 11 is 0. The first kappa shape index (κ1) is 9.98. The Morgan fingerprint density at radius 1 is 1.40 bits per heavy atom. The van der Waals surface area contributed by atoms with E-state index in [0.717, 1.165) is 18.8 Å². The first-order valence-corrected chi connectivity index (χ1v) is 5.06. The highest BCUT2D eigenvalue weighted by molar-refractivity contribution is 5.09. The molecular formula is C11H15N3O. The number of hydrogen-bond donors (Lipinski definition) is 1. The lowest BCUT2D eigenvalue weighted by Crippen LogP contribution is -2.09. The third-order valence-electron chi connectivity index (χ3n) is 2.45. The molecule has 0 bridgehead atoms. The van der Waals surface area contributed by atoms with Crippen LogP contribution in [0.25, 0.3) is 0 Å². The summed E-state index contributed by atoms with van der Waals surface area (Å²) in [5.74, 6) is 0. The van der Waals surface area contributed by atoms with Crippen LogP contribution in [0.4, 0.5) is 0 Å². The summed E-state index contributed by atoms with van der Waals surface area (Å²) in [4.78, 5) is 3.98. The highest BCUT2D eigenvalue weighted by Gasteiger charge is 2.05. The molecule has 0 fully saturated rings. The smallest absolute Gasteiger partial charge is 0.0946 e. The number of aryl methyl sites for hydroxylation is 2. The molecule has 0 aliphatic carbocycles. The summed E-state index contributed by atoms with van der Waals surface area (Å²) in [5.41, 5.74) is 0.954. The van der Waals surface area contributed by atoms with Crippen LogP contribution in [-0.4, -0.2) is 19.2 Å². The molecule has 0 saturated carbocycles. The van der Waals surface area contributed by atoms with Crippen molar-refractivity contribution in [1.82, 2.24) is 14.1 Å². The van der Waals surface area contributed by atoms with Crippen LogP contribution < -0.4 is 0 Å². The molecule has 0 aliphatic rings. The second-order valence-electron chi connectivity index (χ2n) is 3.60. The maximum Gasteiger partial charge on any atom is 0.0946 e. The molecule has 4 nitrogen and oxygen atoms in total. The fourth-order valence-electron chi connectivity index (χ4n) is 1.65. The fourth-order valence-corrected chi connectivity index (χ4v) is 1.65. The fraction of sp³-hybridized carbons (Fsp3) is 0.364. The maximum absolute atomic E-state index is 9.51. The van der Waals surface area contributed by atoms with Gasteiger partial charge in [0.2, 0.25) is 0 Å².